The average Bonchev–Trinajstić information content (AvgIpc) is 2.02. The summed E-state index contributed by atoms with van der Waals surface area (Å²) in [6, 6.07) is 0.324. The maximum absolute atomic E-state index is 9.46. The first kappa shape index (κ1) is 12.0. The van der Waals surface area contributed by atoms with Crippen LogP contribution in [-0.2, 0) is 0 Å². The second kappa shape index (κ2) is 4.63. The quantitative estimate of drug-likeness (QED) is 0.736. The number of hydrogen-bond donors (Lipinski definition) is 1. The lowest BCUT2D eigenvalue weighted by Crippen LogP contribution is -2.50. The van der Waals surface area contributed by atoms with Crippen molar-refractivity contribution in [3.63, 3.8) is 0 Å². The van der Waals surface area contributed by atoms with E-state index in [0.717, 1.165) is 19.0 Å². The standard InChI is InChI=1S/C12H25NO/c1-10-6-5-7-13(8-10)11(9-14)12(2,3)4/h10-11,14H,5-9H2,1-4H3. The molecule has 0 saturated carbocycles. The van der Waals surface area contributed by atoms with Crippen molar-refractivity contribution in [2.45, 2.75) is 46.6 Å². The van der Waals surface area contributed by atoms with Gasteiger partial charge in [-0.3, -0.25) is 4.90 Å². The van der Waals surface area contributed by atoms with Gasteiger partial charge in [-0.05, 0) is 30.7 Å². The molecule has 14 heavy (non-hydrogen) atoms. The summed E-state index contributed by atoms with van der Waals surface area (Å²) in [7, 11) is 0. The summed E-state index contributed by atoms with van der Waals surface area (Å²) in [6.07, 6.45) is 2.63. The summed E-state index contributed by atoms with van der Waals surface area (Å²) in [5.41, 5.74) is 0.186. The van der Waals surface area contributed by atoms with Gasteiger partial charge in [-0.25, -0.2) is 0 Å². The van der Waals surface area contributed by atoms with Crippen molar-refractivity contribution < 1.29 is 5.11 Å². The van der Waals surface area contributed by atoms with E-state index in [4.69, 9.17) is 0 Å². The van der Waals surface area contributed by atoms with Gasteiger partial charge in [0.05, 0.1) is 6.61 Å². The first-order valence-corrected chi connectivity index (χ1v) is 5.80. The highest BCUT2D eigenvalue weighted by atomic mass is 16.3. The predicted octanol–water partition coefficient (Wildman–Crippen LogP) is 2.13. The largest absolute Gasteiger partial charge is 0.395 e. The van der Waals surface area contributed by atoms with Crippen LogP contribution in [0.25, 0.3) is 0 Å². The second-order valence-corrected chi connectivity index (χ2v) is 5.81. The molecule has 0 aliphatic carbocycles. The predicted molar refractivity (Wildman–Crippen MR) is 60.3 cm³/mol. The van der Waals surface area contributed by atoms with Crippen LogP contribution < -0.4 is 0 Å². The van der Waals surface area contributed by atoms with E-state index in [2.05, 4.69) is 32.6 Å². The number of rotatable bonds is 2. The Bertz CT molecular complexity index is 174. The molecule has 0 bridgehead atoms. The molecule has 1 saturated heterocycles. The van der Waals surface area contributed by atoms with Gasteiger partial charge in [0.2, 0.25) is 0 Å². The molecule has 0 radical (unpaired) electrons. The Hall–Kier alpha value is -0.0800. The molecule has 84 valence electrons. The van der Waals surface area contributed by atoms with Gasteiger partial charge in [0.15, 0.2) is 0 Å². The minimum Gasteiger partial charge on any atom is -0.395 e. The first-order valence-electron chi connectivity index (χ1n) is 5.80. The zero-order valence-electron chi connectivity index (χ0n) is 10.1. The number of nitrogens with zero attached hydrogens (tertiary/aromatic N) is 1. The number of likely N-dealkylation sites (tertiary alicyclic amines) is 1. The van der Waals surface area contributed by atoms with Crippen LogP contribution >= 0.6 is 0 Å². The topological polar surface area (TPSA) is 23.5 Å². The zero-order valence-corrected chi connectivity index (χ0v) is 10.1. The zero-order chi connectivity index (χ0) is 10.8. The maximum atomic E-state index is 9.46. The second-order valence-electron chi connectivity index (χ2n) is 5.81. The van der Waals surface area contributed by atoms with Gasteiger partial charge in [-0.2, -0.15) is 0 Å². The SMILES string of the molecule is CC1CCCN(C(CO)C(C)(C)C)C1. The molecule has 1 fully saturated rings. The number of hydrogen-bond acceptors (Lipinski definition) is 2. The molecule has 1 heterocycles. The van der Waals surface area contributed by atoms with Crippen LogP contribution in [0.5, 0.6) is 0 Å². The fourth-order valence-corrected chi connectivity index (χ4v) is 2.45. The molecule has 2 unspecified atom stereocenters. The summed E-state index contributed by atoms with van der Waals surface area (Å²) >= 11 is 0. The minimum atomic E-state index is 0.186. The third kappa shape index (κ3) is 2.96. The molecule has 1 rings (SSSR count). The van der Waals surface area contributed by atoms with E-state index < -0.39 is 0 Å². The fourth-order valence-electron chi connectivity index (χ4n) is 2.45. The lowest BCUT2D eigenvalue weighted by atomic mass is 9.84. The average molecular weight is 199 g/mol. The van der Waals surface area contributed by atoms with Crippen molar-refractivity contribution in [2.24, 2.45) is 11.3 Å². The van der Waals surface area contributed by atoms with Gasteiger partial charge >= 0.3 is 0 Å². The summed E-state index contributed by atoms with van der Waals surface area (Å²) in [5.74, 6) is 0.792. The normalized spacial score (nSPS) is 27.6. The van der Waals surface area contributed by atoms with Crippen LogP contribution in [0.15, 0.2) is 0 Å². The molecule has 2 nitrogen and oxygen atoms in total. The Balaban J connectivity index is 2.60. The summed E-state index contributed by atoms with van der Waals surface area (Å²) in [6.45, 7) is 11.6. The molecule has 1 aliphatic heterocycles. The molecule has 0 aromatic heterocycles. The molecule has 2 heteroatoms. The van der Waals surface area contributed by atoms with Gasteiger partial charge in [-0.1, -0.05) is 27.7 Å². The van der Waals surface area contributed by atoms with Crippen LogP contribution in [-0.4, -0.2) is 35.7 Å². The van der Waals surface area contributed by atoms with Gasteiger partial charge < -0.3 is 5.11 Å². The van der Waals surface area contributed by atoms with Gasteiger partial charge in [0.1, 0.15) is 0 Å². The molecular formula is C12H25NO. The fraction of sp³-hybridized carbons (Fsp3) is 1.00. The number of aliphatic hydroxyl groups is 1. The van der Waals surface area contributed by atoms with Crippen molar-refractivity contribution in [2.75, 3.05) is 19.7 Å². The molecular weight excluding hydrogens is 174 g/mol. The van der Waals surface area contributed by atoms with Crippen LogP contribution in [0.4, 0.5) is 0 Å². The third-order valence-corrected chi connectivity index (χ3v) is 3.30. The first-order chi connectivity index (χ1) is 6.45. The van der Waals surface area contributed by atoms with Crippen LogP contribution in [0.3, 0.4) is 0 Å². The Kier molecular flexibility index (Phi) is 3.96. The van der Waals surface area contributed by atoms with Gasteiger partial charge in [-0.15, -0.1) is 0 Å². The lowest BCUT2D eigenvalue weighted by molar-refractivity contribution is 0.0224. The smallest absolute Gasteiger partial charge is 0.0591 e. The van der Waals surface area contributed by atoms with E-state index in [9.17, 15) is 5.11 Å². The van der Waals surface area contributed by atoms with E-state index in [1.54, 1.807) is 0 Å². The van der Waals surface area contributed by atoms with Crippen LogP contribution in [0.2, 0.25) is 0 Å². The molecule has 0 aromatic carbocycles. The van der Waals surface area contributed by atoms with Crippen molar-refractivity contribution in [3.8, 4) is 0 Å². The third-order valence-electron chi connectivity index (χ3n) is 3.30. The molecule has 1 aliphatic rings. The van der Waals surface area contributed by atoms with Crippen LogP contribution in [0.1, 0.15) is 40.5 Å². The highest BCUT2D eigenvalue weighted by molar-refractivity contribution is 4.85. The lowest BCUT2D eigenvalue weighted by Gasteiger charge is -2.42. The van der Waals surface area contributed by atoms with Crippen molar-refractivity contribution >= 4 is 0 Å². The van der Waals surface area contributed by atoms with E-state index in [-0.39, 0.29) is 12.0 Å². The summed E-state index contributed by atoms with van der Waals surface area (Å²) < 4.78 is 0. The van der Waals surface area contributed by atoms with Crippen molar-refractivity contribution in [3.05, 3.63) is 0 Å². The van der Waals surface area contributed by atoms with Gasteiger partial charge in [0, 0.05) is 12.6 Å². The van der Waals surface area contributed by atoms with Crippen molar-refractivity contribution in [1.29, 1.82) is 0 Å². The molecule has 0 aromatic rings. The van der Waals surface area contributed by atoms with Crippen molar-refractivity contribution in [1.82, 2.24) is 4.90 Å². The Labute approximate surface area is 88.3 Å². The number of aliphatic hydroxyl groups excluding tert-OH is 1. The van der Waals surface area contributed by atoms with E-state index in [0.29, 0.717) is 6.04 Å². The molecule has 1 N–H and O–H groups in total. The summed E-state index contributed by atoms with van der Waals surface area (Å²) in [5, 5.41) is 9.46. The Morgan fingerprint density at radius 1 is 1.43 bits per heavy atom. The molecule has 2 atom stereocenters. The van der Waals surface area contributed by atoms with Crippen LogP contribution in [0, 0.1) is 11.3 Å². The maximum Gasteiger partial charge on any atom is 0.0591 e. The molecule has 0 spiro atoms. The van der Waals surface area contributed by atoms with Gasteiger partial charge in [0.25, 0.3) is 0 Å². The van der Waals surface area contributed by atoms with E-state index in [1.165, 1.54) is 12.8 Å². The van der Waals surface area contributed by atoms with E-state index in [1.807, 2.05) is 0 Å². The molecule has 0 amide bonds. The highest BCUT2D eigenvalue weighted by Gasteiger charge is 2.31. The summed E-state index contributed by atoms with van der Waals surface area (Å²) in [4.78, 5) is 2.47. The Morgan fingerprint density at radius 2 is 2.07 bits per heavy atom. The van der Waals surface area contributed by atoms with E-state index >= 15 is 0 Å². The minimum absolute atomic E-state index is 0.186. The Morgan fingerprint density at radius 3 is 2.50 bits per heavy atom. The number of piperidine rings is 1. The monoisotopic (exact) mass is 199 g/mol. The highest BCUT2D eigenvalue weighted by Crippen LogP contribution is 2.27.